The lowest BCUT2D eigenvalue weighted by molar-refractivity contribution is -0.141. The van der Waals surface area contributed by atoms with Gasteiger partial charge in [0.1, 0.15) is 17.6 Å². The predicted molar refractivity (Wildman–Crippen MR) is 64.4 cm³/mol. The number of halogens is 3. The van der Waals surface area contributed by atoms with E-state index in [1.165, 1.54) is 6.07 Å². The second-order valence-corrected chi connectivity index (χ2v) is 4.68. The minimum atomic E-state index is -4.49. The van der Waals surface area contributed by atoms with Gasteiger partial charge < -0.3 is 5.32 Å². The Morgan fingerprint density at radius 1 is 1.21 bits per heavy atom. The van der Waals surface area contributed by atoms with Crippen molar-refractivity contribution in [3.63, 3.8) is 0 Å². The van der Waals surface area contributed by atoms with E-state index in [1.54, 1.807) is 0 Å². The number of alkyl halides is 3. The molecule has 0 saturated heterocycles. The third kappa shape index (κ3) is 3.37. The van der Waals surface area contributed by atoms with Crippen molar-refractivity contribution in [3.05, 3.63) is 23.4 Å². The highest BCUT2D eigenvalue weighted by Crippen LogP contribution is 2.30. The van der Waals surface area contributed by atoms with E-state index in [0.717, 1.165) is 38.2 Å². The van der Waals surface area contributed by atoms with Crippen LogP contribution in [0.1, 0.15) is 43.4 Å². The summed E-state index contributed by atoms with van der Waals surface area (Å²) in [6.45, 7) is 0. The van der Waals surface area contributed by atoms with Crippen LogP contribution in [-0.2, 0) is 6.18 Å². The molecule has 0 spiro atoms. The minimum Gasteiger partial charge on any atom is -0.366 e. The summed E-state index contributed by atoms with van der Waals surface area (Å²) in [7, 11) is 0. The Labute approximate surface area is 109 Å². The summed E-state index contributed by atoms with van der Waals surface area (Å²) in [4.78, 5) is 3.55. The van der Waals surface area contributed by atoms with Crippen molar-refractivity contribution in [1.82, 2.24) is 4.98 Å². The van der Waals surface area contributed by atoms with Gasteiger partial charge in [-0.2, -0.15) is 18.4 Å². The van der Waals surface area contributed by atoms with Crippen LogP contribution in [0.2, 0.25) is 0 Å². The molecular formula is C13H14F3N3. The molecule has 1 aliphatic carbocycles. The number of nitrogens with zero attached hydrogens (tertiary/aromatic N) is 2. The quantitative estimate of drug-likeness (QED) is 0.890. The Bertz CT molecular complexity index is 485. The fourth-order valence-corrected chi connectivity index (χ4v) is 2.26. The summed E-state index contributed by atoms with van der Waals surface area (Å²) >= 11 is 0. The molecule has 1 fully saturated rings. The first-order valence-corrected chi connectivity index (χ1v) is 6.25. The number of hydrogen-bond acceptors (Lipinski definition) is 3. The van der Waals surface area contributed by atoms with Gasteiger partial charge >= 0.3 is 6.18 Å². The highest BCUT2D eigenvalue weighted by molar-refractivity contribution is 5.53. The van der Waals surface area contributed by atoms with Crippen LogP contribution in [0, 0.1) is 11.3 Å². The third-order valence-electron chi connectivity index (χ3n) is 3.25. The number of anilines is 1. The van der Waals surface area contributed by atoms with E-state index in [9.17, 15) is 13.2 Å². The fourth-order valence-electron chi connectivity index (χ4n) is 2.26. The van der Waals surface area contributed by atoms with Crippen LogP contribution in [0.5, 0.6) is 0 Å². The van der Waals surface area contributed by atoms with Gasteiger partial charge in [0, 0.05) is 6.04 Å². The zero-order chi connectivity index (χ0) is 13.9. The molecule has 102 valence electrons. The van der Waals surface area contributed by atoms with E-state index >= 15 is 0 Å². The SMILES string of the molecule is N#Cc1ccc(C(F)(F)F)nc1NC1CCCCC1. The van der Waals surface area contributed by atoms with Crippen LogP contribution < -0.4 is 5.32 Å². The molecule has 1 heterocycles. The Morgan fingerprint density at radius 2 is 1.89 bits per heavy atom. The molecule has 0 amide bonds. The van der Waals surface area contributed by atoms with Gasteiger partial charge in [-0.15, -0.1) is 0 Å². The number of nitrogens with one attached hydrogen (secondary N) is 1. The maximum atomic E-state index is 12.6. The molecule has 0 aromatic carbocycles. The highest BCUT2D eigenvalue weighted by atomic mass is 19.4. The van der Waals surface area contributed by atoms with Gasteiger partial charge in [0.25, 0.3) is 0 Å². The molecule has 1 aromatic rings. The van der Waals surface area contributed by atoms with E-state index in [-0.39, 0.29) is 17.4 Å². The summed E-state index contributed by atoms with van der Waals surface area (Å²) in [5, 5.41) is 11.9. The molecule has 1 N–H and O–H groups in total. The van der Waals surface area contributed by atoms with Crippen molar-refractivity contribution in [2.24, 2.45) is 0 Å². The van der Waals surface area contributed by atoms with Gasteiger partial charge in [-0.25, -0.2) is 4.98 Å². The normalized spacial score (nSPS) is 16.9. The molecule has 1 aromatic heterocycles. The lowest BCUT2D eigenvalue weighted by atomic mass is 9.95. The fraction of sp³-hybridized carbons (Fsp3) is 0.538. The van der Waals surface area contributed by atoms with Gasteiger partial charge in [-0.05, 0) is 25.0 Å². The van der Waals surface area contributed by atoms with Crippen LogP contribution in [0.3, 0.4) is 0 Å². The van der Waals surface area contributed by atoms with Gasteiger partial charge in [0.15, 0.2) is 0 Å². The second-order valence-electron chi connectivity index (χ2n) is 4.68. The summed E-state index contributed by atoms with van der Waals surface area (Å²) in [6, 6.07) is 3.99. The maximum absolute atomic E-state index is 12.6. The first-order valence-electron chi connectivity index (χ1n) is 6.25. The van der Waals surface area contributed by atoms with Crippen molar-refractivity contribution in [2.45, 2.75) is 44.3 Å². The highest BCUT2D eigenvalue weighted by Gasteiger charge is 2.33. The van der Waals surface area contributed by atoms with Gasteiger partial charge in [-0.3, -0.25) is 0 Å². The molecule has 0 aliphatic heterocycles. The van der Waals surface area contributed by atoms with E-state index < -0.39 is 11.9 Å². The third-order valence-corrected chi connectivity index (χ3v) is 3.25. The topological polar surface area (TPSA) is 48.7 Å². The largest absolute Gasteiger partial charge is 0.433 e. The van der Waals surface area contributed by atoms with Crippen LogP contribution in [0.15, 0.2) is 12.1 Å². The van der Waals surface area contributed by atoms with Crippen molar-refractivity contribution >= 4 is 5.82 Å². The molecule has 1 aliphatic rings. The molecule has 19 heavy (non-hydrogen) atoms. The Hall–Kier alpha value is -1.77. The maximum Gasteiger partial charge on any atom is 0.433 e. The van der Waals surface area contributed by atoms with Gasteiger partial charge in [-0.1, -0.05) is 19.3 Å². The number of pyridine rings is 1. The van der Waals surface area contributed by atoms with Crippen molar-refractivity contribution in [2.75, 3.05) is 5.32 Å². The Kier molecular flexibility index (Phi) is 3.93. The Balaban J connectivity index is 2.23. The molecule has 6 heteroatoms. The van der Waals surface area contributed by atoms with Crippen LogP contribution in [-0.4, -0.2) is 11.0 Å². The molecule has 0 bridgehead atoms. The Morgan fingerprint density at radius 3 is 2.47 bits per heavy atom. The number of rotatable bonds is 2. The van der Waals surface area contributed by atoms with E-state index in [0.29, 0.717) is 0 Å². The van der Waals surface area contributed by atoms with E-state index in [2.05, 4.69) is 10.3 Å². The number of hydrogen-bond donors (Lipinski definition) is 1. The molecule has 0 radical (unpaired) electrons. The summed E-state index contributed by atoms with van der Waals surface area (Å²) < 4.78 is 37.8. The van der Waals surface area contributed by atoms with Crippen molar-refractivity contribution in [3.8, 4) is 6.07 Å². The van der Waals surface area contributed by atoms with Crippen molar-refractivity contribution in [1.29, 1.82) is 5.26 Å². The first-order chi connectivity index (χ1) is 9.00. The molecule has 3 nitrogen and oxygen atoms in total. The summed E-state index contributed by atoms with van der Waals surface area (Å²) in [5.74, 6) is 0.0456. The second kappa shape index (κ2) is 5.47. The molecule has 0 unspecified atom stereocenters. The predicted octanol–water partition coefficient (Wildman–Crippen LogP) is 3.72. The molecular weight excluding hydrogens is 255 g/mol. The molecule has 1 saturated carbocycles. The lowest BCUT2D eigenvalue weighted by Gasteiger charge is -2.24. The summed E-state index contributed by atoms with van der Waals surface area (Å²) in [6.07, 6.45) is 0.582. The summed E-state index contributed by atoms with van der Waals surface area (Å²) in [5.41, 5.74) is -0.816. The van der Waals surface area contributed by atoms with E-state index in [1.807, 2.05) is 6.07 Å². The lowest BCUT2D eigenvalue weighted by Crippen LogP contribution is -2.24. The molecule has 0 atom stereocenters. The minimum absolute atomic E-state index is 0.0456. The van der Waals surface area contributed by atoms with Crippen LogP contribution in [0.25, 0.3) is 0 Å². The smallest absolute Gasteiger partial charge is 0.366 e. The number of nitriles is 1. The van der Waals surface area contributed by atoms with Crippen molar-refractivity contribution < 1.29 is 13.2 Å². The zero-order valence-electron chi connectivity index (χ0n) is 10.3. The van der Waals surface area contributed by atoms with Gasteiger partial charge in [0.2, 0.25) is 0 Å². The van der Waals surface area contributed by atoms with Crippen LogP contribution in [0.4, 0.5) is 19.0 Å². The monoisotopic (exact) mass is 269 g/mol. The molecule has 2 rings (SSSR count). The van der Waals surface area contributed by atoms with E-state index in [4.69, 9.17) is 5.26 Å². The van der Waals surface area contributed by atoms with Gasteiger partial charge in [0.05, 0.1) is 5.56 Å². The average molecular weight is 269 g/mol. The van der Waals surface area contributed by atoms with Crippen LogP contribution >= 0.6 is 0 Å². The average Bonchev–Trinajstić information content (AvgIpc) is 2.39. The zero-order valence-corrected chi connectivity index (χ0v) is 10.3. The number of aromatic nitrogens is 1. The standard InChI is InChI=1S/C13H14F3N3/c14-13(15,16)11-7-6-9(8-17)12(19-11)18-10-4-2-1-3-5-10/h6-7,10H,1-5H2,(H,18,19). The first kappa shape index (κ1) is 13.7.